The van der Waals surface area contributed by atoms with E-state index in [9.17, 15) is 9.59 Å². The summed E-state index contributed by atoms with van der Waals surface area (Å²) in [6, 6.07) is 20.8. The van der Waals surface area contributed by atoms with E-state index in [1.807, 2.05) is 24.3 Å². The Bertz CT molecular complexity index is 1130. The van der Waals surface area contributed by atoms with Crippen molar-refractivity contribution < 1.29 is 19.4 Å². The number of aromatic carboxylic acids is 1. The zero-order chi connectivity index (χ0) is 21.8. The standard InChI is InChI=1S/C25H20ClNO4/c26-23-12-11-17(24(28)29)14-16(23)6-5-13-27-25(30)31-15-22-20-9-3-1-7-18(20)19-8-2-4-10-21(19)22/h1-12,14,22H,13,15H2,(H,27,30)(H,28,29). The van der Waals surface area contributed by atoms with E-state index in [1.54, 1.807) is 12.2 Å². The van der Waals surface area contributed by atoms with Crippen molar-refractivity contribution in [3.05, 3.63) is 100 Å². The quantitative estimate of drug-likeness (QED) is 0.531. The van der Waals surface area contributed by atoms with Crippen LogP contribution < -0.4 is 5.32 Å². The number of fused-ring (bicyclic) bond motifs is 3. The molecule has 1 amide bonds. The van der Waals surface area contributed by atoms with Crippen molar-refractivity contribution in [2.45, 2.75) is 5.92 Å². The van der Waals surface area contributed by atoms with E-state index in [0.29, 0.717) is 10.6 Å². The Morgan fingerprint density at radius 1 is 1.00 bits per heavy atom. The summed E-state index contributed by atoms with van der Waals surface area (Å²) in [5.74, 6) is -1.02. The maximum Gasteiger partial charge on any atom is 0.407 e. The molecule has 5 nitrogen and oxygen atoms in total. The molecule has 1 aliphatic carbocycles. The van der Waals surface area contributed by atoms with Gasteiger partial charge in [0.25, 0.3) is 0 Å². The Morgan fingerprint density at radius 3 is 2.29 bits per heavy atom. The molecular weight excluding hydrogens is 414 g/mol. The number of carbonyl (C=O) groups is 2. The van der Waals surface area contributed by atoms with Crippen LogP contribution in [0.2, 0.25) is 5.02 Å². The fraction of sp³-hybridized carbons (Fsp3) is 0.120. The lowest BCUT2D eigenvalue weighted by molar-refractivity contribution is 0.0696. The number of halogens is 1. The molecule has 0 bridgehead atoms. The van der Waals surface area contributed by atoms with Crippen LogP contribution in [0.4, 0.5) is 4.79 Å². The summed E-state index contributed by atoms with van der Waals surface area (Å²) in [5, 5.41) is 12.2. The van der Waals surface area contributed by atoms with E-state index in [1.165, 1.54) is 29.3 Å². The molecule has 0 atom stereocenters. The monoisotopic (exact) mass is 433 g/mol. The molecule has 0 spiro atoms. The molecule has 0 unspecified atom stereocenters. The summed E-state index contributed by atoms with van der Waals surface area (Å²) in [5.41, 5.74) is 5.38. The summed E-state index contributed by atoms with van der Waals surface area (Å²) in [6.07, 6.45) is 2.84. The molecule has 3 aromatic carbocycles. The molecule has 0 aliphatic heterocycles. The normalized spacial score (nSPS) is 12.4. The highest BCUT2D eigenvalue weighted by atomic mass is 35.5. The molecule has 0 heterocycles. The molecule has 31 heavy (non-hydrogen) atoms. The number of nitrogens with one attached hydrogen (secondary N) is 1. The summed E-state index contributed by atoms with van der Waals surface area (Å²) < 4.78 is 5.48. The maximum atomic E-state index is 12.2. The van der Waals surface area contributed by atoms with E-state index in [0.717, 1.165) is 11.1 Å². The van der Waals surface area contributed by atoms with E-state index in [4.69, 9.17) is 21.4 Å². The average Bonchev–Trinajstić information content (AvgIpc) is 3.10. The molecule has 0 aromatic heterocycles. The molecule has 0 saturated heterocycles. The number of benzene rings is 3. The smallest absolute Gasteiger partial charge is 0.407 e. The highest BCUT2D eigenvalue weighted by Gasteiger charge is 2.28. The lowest BCUT2D eigenvalue weighted by atomic mass is 9.98. The van der Waals surface area contributed by atoms with Crippen LogP contribution in [-0.2, 0) is 4.74 Å². The Hall–Kier alpha value is -3.57. The number of ether oxygens (including phenoxy) is 1. The minimum atomic E-state index is -1.02. The molecule has 156 valence electrons. The second kappa shape index (κ2) is 9.06. The first-order valence-electron chi connectivity index (χ1n) is 9.83. The molecular formula is C25H20ClNO4. The van der Waals surface area contributed by atoms with E-state index < -0.39 is 12.1 Å². The number of carbonyl (C=O) groups excluding carboxylic acids is 1. The van der Waals surface area contributed by atoms with Crippen LogP contribution in [0.3, 0.4) is 0 Å². The second-order valence-corrected chi connectivity index (χ2v) is 7.56. The van der Waals surface area contributed by atoms with Crippen molar-refractivity contribution in [1.29, 1.82) is 0 Å². The van der Waals surface area contributed by atoms with Crippen molar-refractivity contribution in [2.75, 3.05) is 13.2 Å². The van der Waals surface area contributed by atoms with Gasteiger partial charge in [-0.3, -0.25) is 0 Å². The molecule has 6 heteroatoms. The lowest BCUT2D eigenvalue weighted by Gasteiger charge is -2.14. The number of carboxylic acids is 1. The third-order valence-corrected chi connectivity index (χ3v) is 5.59. The van der Waals surface area contributed by atoms with Gasteiger partial charge in [0.05, 0.1) is 5.56 Å². The first kappa shape index (κ1) is 20.7. The first-order valence-corrected chi connectivity index (χ1v) is 10.2. The lowest BCUT2D eigenvalue weighted by Crippen LogP contribution is -2.26. The third kappa shape index (κ3) is 4.47. The number of rotatable bonds is 6. The fourth-order valence-corrected chi connectivity index (χ4v) is 3.96. The number of hydrogen-bond donors (Lipinski definition) is 2. The van der Waals surface area contributed by atoms with Gasteiger partial charge >= 0.3 is 12.1 Å². The van der Waals surface area contributed by atoms with Crippen LogP contribution in [0.1, 0.15) is 33.0 Å². The van der Waals surface area contributed by atoms with Crippen molar-refractivity contribution in [1.82, 2.24) is 5.32 Å². The Balaban J connectivity index is 1.34. The zero-order valence-electron chi connectivity index (χ0n) is 16.5. The van der Waals surface area contributed by atoms with Crippen LogP contribution >= 0.6 is 11.6 Å². The minimum Gasteiger partial charge on any atom is -0.478 e. The van der Waals surface area contributed by atoms with Gasteiger partial charge in [0, 0.05) is 17.5 Å². The van der Waals surface area contributed by atoms with Gasteiger partial charge in [0.1, 0.15) is 6.61 Å². The molecule has 0 radical (unpaired) electrons. The summed E-state index contributed by atoms with van der Waals surface area (Å²) in [7, 11) is 0. The highest BCUT2D eigenvalue weighted by Crippen LogP contribution is 2.44. The van der Waals surface area contributed by atoms with Crippen molar-refractivity contribution in [2.24, 2.45) is 0 Å². The Labute approximate surface area is 184 Å². The number of alkyl carbamates (subject to hydrolysis) is 1. The predicted octanol–water partition coefficient (Wildman–Crippen LogP) is 5.59. The van der Waals surface area contributed by atoms with Gasteiger partial charge in [0.2, 0.25) is 0 Å². The van der Waals surface area contributed by atoms with E-state index >= 15 is 0 Å². The number of amides is 1. The van der Waals surface area contributed by atoms with Gasteiger partial charge in [0.15, 0.2) is 0 Å². The Morgan fingerprint density at radius 2 is 1.65 bits per heavy atom. The van der Waals surface area contributed by atoms with Gasteiger partial charge in [-0.05, 0) is 46.0 Å². The van der Waals surface area contributed by atoms with Crippen LogP contribution in [-0.4, -0.2) is 30.3 Å². The van der Waals surface area contributed by atoms with Crippen molar-refractivity contribution in [3.8, 4) is 11.1 Å². The van der Waals surface area contributed by atoms with Gasteiger partial charge < -0.3 is 15.2 Å². The SMILES string of the molecule is O=C(NCC=Cc1cc(C(=O)O)ccc1Cl)OCC1c2ccccc2-c2ccccc21. The van der Waals surface area contributed by atoms with Crippen molar-refractivity contribution in [3.63, 3.8) is 0 Å². The molecule has 2 N–H and O–H groups in total. The van der Waals surface area contributed by atoms with Crippen molar-refractivity contribution >= 4 is 29.7 Å². The van der Waals surface area contributed by atoms with Gasteiger partial charge in [-0.25, -0.2) is 9.59 Å². The second-order valence-electron chi connectivity index (χ2n) is 7.15. The number of carboxylic acid groups (broad SMARTS) is 1. The molecule has 4 rings (SSSR count). The molecule has 0 saturated carbocycles. The molecule has 3 aromatic rings. The third-order valence-electron chi connectivity index (χ3n) is 5.25. The van der Waals surface area contributed by atoms with Gasteiger partial charge in [-0.1, -0.05) is 72.3 Å². The molecule has 0 fully saturated rings. The van der Waals surface area contributed by atoms with Gasteiger partial charge in [-0.2, -0.15) is 0 Å². The van der Waals surface area contributed by atoms with E-state index in [-0.39, 0.29) is 24.6 Å². The maximum absolute atomic E-state index is 12.2. The highest BCUT2D eigenvalue weighted by molar-refractivity contribution is 6.32. The van der Waals surface area contributed by atoms with E-state index in [2.05, 4.69) is 29.6 Å². The Kier molecular flexibility index (Phi) is 6.05. The van der Waals surface area contributed by atoms with Crippen LogP contribution in [0.5, 0.6) is 0 Å². The number of hydrogen-bond acceptors (Lipinski definition) is 3. The molecule has 1 aliphatic rings. The van der Waals surface area contributed by atoms with Crippen LogP contribution in [0.25, 0.3) is 17.2 Å². The first-order chi connectivity index (χ1) is 15.0. The topological polar surface area (TPSA) is 75.6 Å². The summed E-state index contributed by atoms with van der Waals surface area (Å²) in [6.45, 7) is 0.473. The largest absolute Gasteiger partial charge is 0.478 e. The van der Waals surface area contributed by atoms with Crippen LogP contribution in [0.15, 0.2) is 72.8 Å². The summed E-state index contributed by atoms with van der Waals surface area (Å²) >= 11 is 6.09. The zero-order valence-corrected chi connectivity index (χ0v) is 17.3. The fourth-order valence-electron chi connectivity index (χ4n) is 3.78. The minimum absolute atomic E-state index is 0.00579. The van der Waals surface area contributed by atoms with Crippen LogP contribution in [0, 0.1) is 0 Å². The average molecular weight is 434 g/mol. The van der Waals surface area contributed by atoms with Gasteiger partial charge in [-0.15, -0.1) is 0 Å². The predicted molar refractivity (Wildman–Crippen MR) is 121 cm³/mol. The summed E-state index contributed by atoms with van der Waals surface area (Å²) in [4.78, 5) is 23.3.